The predicted molar refractivity (Wildman–Crippen MR) is 81.2 cm³/mol. The molecular formula is C16H17N3O. The maximum atomic E-state index is 8.96. The summed E-state index contributed by atoms with van der Waals surface area (Å²) in [4.78, 5) is 0. The van der Waals surface area contributed by atoms with Gasteiger partial charge in [-0.2, -0.15) is 5.26 Å². The first kappa shape index (κ1) is 13.8. The Hall–Kier alpha value is -2.67. The maximum absolute atomic E-state index is 8.96. The summed E-state index contributed by atoms with van der Waals surface area (Å²) in [5.41, 5.74) is 9.90. The molecule has 0 radical (unpaired) electrons. The van der Waals surface area contributed by atoms with E-state index in [1.165, 1.54) is 0 Å². The molecule has 0 heterocycles. The summed E-state index contributed by atoms with van der Waals surface area (Å²) < 4.78 is 5.47. The lowest BCUT2D eigenvalue weighted by Gasteiger charge is -2.12. The van der Waals surface area contributed by atoms with E-state index in [4.69, 9.17) is 15.7 Å². The number of hydrogen-bond donors (Lipinski definition) is 2. The standard InChI is InChI=1S/C16H17N3O/c1-3-20-15-8-13(18)7-14(9-15)19-16-6-12(10-17)5-4-11(16)2/h4-9,19H,3,18H2,1-2H3. The van der Waals surface area contributed by atoms with Crippen molar-refractivity contribution >= 4 is 17.1 Å². The van der Waals surface area contributed by atoms with Crippen LogP contribution in [0.5, 0.6) is 5.75 Å². The minimum absolute atomic E-state index is 0.589. The van der Waals surface area contributed by atoms with E-state index in [2.05, 4.69) is 11.4 Å². The molecule has 0 saturated carbocycles. The fraction of sp³-hybridized carbons (Fsp3) is 0.188. The minimum Gasteiger partial charge on any atom is -0.494 e. The summed E-state index contributed by atoms with van der Waals surface area (Å²) in [5, 5.41) is 12.2. The van der Waals surface area contributed by atoms with Gasteiger partial charge < -0.3 is 15.8 Å². The molecule has 2 rings (SSSR count). The molecule has 0 saturated heterocycles. The van der Waals surface area contributed by atoms with Crippen LogP contribution in [0, 0.1) is 18.3 Å². The highest BCUT2D eigenvalue weighted by Crippen LogP contribution is 2.27. The molecule has 3 N–H and O–H groups in total. The highest BCUT2D eigenvalue weighted by molar-refractivity contribution is 5.69. The number of nitriles is 1. The van der Waals surface area contributed by atoms with Crippen molar-refractivity contribution in [3.8, 4) is 11.8 Å². The van der Waals surface area contributed by atoms with Gasteiger partial charge in [0.1, 0.15) is 5.75 Å². The molecule has 2 aromatic carbocycles. The second-order valence-corrected chi connectivity index (χ2v) is 4.49. The Morgan fingerprint density at radius 2 is 2.05 bits per heavy atom. The second kappa shape index (κ2) is 5.98. The van der Waals surface area contributed by atoms with Gasteiger partial charge in [-0.05, 0) is 37.6 Å². The molecule has 0 aliphatic carbocycles. The van der Waals surface area contributed by atoms with Gasteiger partial charge in [0.05, 0.1) is 18.2 Å². The van der Waals surface area contributed by atoms with Crippen molar-refractivity contribution in [2.75, 3.05) is 17.7 Å². The molecule has 0 aromatic heterocycles. The Kier molecular flexibility index (Phi) is 4.11. The van der Waals surface area contributed by atoms with Crippen molar-refractivity contribution in [2.45, 2.75) is 13.8 Å². The summed E-state index contributed by atoms with van der Waals surface area (Å²) in [6.07, 6.45) is 0. The zero-order chi connectivity index (χ0) is 14.5. The second-order valence-electron chi connectivity index (χ2n) is 4.49. The SMILES string of the molecule is CCOc1cc(N)cc(Nc2cc(C#N)ccc2C)c1. The Morgan fingerprint density at radius 1 is 1.25 bits per heavy atom. The Balaban J connectivity index is 2.32. The van der Waals surface area contributed by atoms with Gasteiger partial charge in [0, 0.05) is 29.2 Å². The van der Waals surface area contributed by atoms with Crippen molar-refractivity contribution in [3.63, 3.8) is 0 Å². The number of hydrogen-bond acceptors (Lipinski definition) is 4. The fourth-order valence-electron chi connectivity index (χ4n) is 1.93. The van der Waals surface area contributed by atoms with Gasteiger partial charge in [0.2, 0.25) is 0 Å². The molecule has 0 unspecified atom stereocenters. The molecule has 0 amide bonds. The monoisotopic (exact) mass is 267 g/mol. The number of anilines is 3. The van der Waals surface area contributed by atoms with Crippen LogP contribution in [0.2, 0.25) is 0 Å². The van der Waals surface area contributed by atoms with Gasteiger partial charge in [-0.25, -0.2) is 0 Å². The van der Waals surface area contributed by atoms with Crippen molar-refractivity contribution < 1.29 is 4.74 Å². The van der Waals surface area contributed by atoms with Crippen LogP contribution in [0.1, 0.15) is 18.1 Å². The summed E-state index contributed by atoms with van der Waals surface area (Å²) in [5.74, 6) is 0.726. The van der Waals surface area contributed by atoms with Crippen LogP contribution in [-0.4, -0.2) is 6.61 Å². The molecule has 102 valence electrons. The van der Waals surface area contributed by atoms with E-state index in [1.807, 2.05) is 38.1 Å². The van der Waals surface area contributed by atoms with Crippen LogP contribution >= 0.6 is 0 Å². The van der Waals surface area contributed by atoms with Gasteiger partial charge >= 0.3 is 0 Å². The number of nitrogens with two attached hydrogens (primary N) is 1. The number of benzene rings is 2. The fourth-order valence-corrected chi connectivity index (χ4v) is 1.93. The highest BCUT2D eigenvalue weighted by Gasteiger charge is 2.04. The molecule has 0 aliphatic rings. The summed E-state index contributed by atoms with van der Waals surface area (Å²) in [6.45, 7) is 4.50. The van der Waals surface area contributed by atoms with Crippen molar-refractivity contribution in [1.82, 2.24) is 0 Å². The largest absolute Gasteiger partial charge is 0.494 e. The summed E-state index contributed by atoms with van der Waals surface area (Å²) in [7, 11) is 0. The van der Waals surface area contributed by atoms with Crippen LogP contribution in [0.25, 0.3) is 0 Å². The van der Waals surface area contributed by atoms with E-state index >= 15 is 0 Å². The van der Waals surface area contributed by atoms with Crippen molar-refractivity contribution in [2.24, 2.45) is 0 Å². The molecular weight excluding hydrogens is 250 g/mol. The molecule has 20 heavy (non-hydrogen) atoms. The Morgan fingerprint density at radius 3 is 2.75 bits per heavy atom. The predicted octanol–water partition coefficient (Wildman–Crippen LogP) is 3.59. The normalized spacial score (nSPS) is 9.85. The lowest BCUT2D eigenvalue weighted by atomic mass is 10.1. The first-order chi connectivity index (χ1) is 9.62. The van der Waals surface area contributed by atoms with E-state index in [9.17, 15) is 0 Å². The van der Waals surface area contributed by atoms with Gasteiger partial charge in [-0.1, -0.05) is 6.07 Å². The molecule has 4 nitrogen and oxygen atoms in total. The Labute approximate surface area is 118 Å². The average Bonchev–Trinajstić information content (AvgIpc) is 2.41. The number of nitrogens with zero attached hydrogens (tertiary/aromatic N) is 1. The van der Waals surface area contributed by atoms with Gasteiger partial charge in [0.15, 0.2) is 0 Å². The van der Waals surface area contributed by atoms with E-state index in [1.54, 1.807) is 12.1 Å². The summed E-state index contributed by atoms with van der Waals surface area (Å²) >= 11 is 0. The van der Waals surface area contributed by atoms with E-state index in [0.29, 0.717) is 17.9 Å². The number of ether oxygens (including phenoxy) is 1. The zero-order valence-electron chi connectivity index (χ0n) is 11.6. The minimum atomic E-state index is 0.589. The Bertz CT molecular complexity index is 659. The molecule has 2 aromatic rings. The number of nitrogen functional groups attached to an aromatic ring is 1. The van der Waals surface area contributed by atoms with Crippen LogP contribution < -0.4 is 15.8 Å². The van der Waals surface area contributed by atoms with Crippen LogP contribution in [0.15, 0.2) is 36.4 Å². The zero-order valence-corrected chi connectivity index (χ0v) is 11.6. The molecule has 4 heteroatoms. The van der Waals surface area contributed by atoms with Gasteiger partial charge in [-0.3, -0.25) is 0 Å². The van der Waals surface area contributed by atoms with Gasteiger partial charge in [0.25, 0.3) is 0 Å². The third-order valence-corrected chi connectivity index (χ3v) is 2.89. The lowest BCUT2D eigenvalue weighted by Crippen LogP contribution is -1.98. The maximum Gasteiger partial charge on any atom is 0.123 e. The lowest BCUT2D eigenvalue weighted by molar-refractivity contribution is 0.340. The molecule has 0 spiro atoms. The smallest absolute Gasteiger partial charge is 0.123 e. The van der Waals surface area contributed by atoms with Crippen LogP contribution in [0.4, 0.5) is 17.1 Å². The quantitative estimate of drug-likeness (QED) is 0.830. The first-order valence-electron chi connectivity index (χ1n) is 6.43. The average molecular weight is 267 g/mol. The van der Waals surface area contributed by atoms with Crippen molar-refractivity contribution in [1.29, 1.82) is 5.26 Å². The third kappa shape index (κ3) is 3.21. The first-order valence-corrected chi connectivity index (χ1v) is 6.43. The van der Waals surface area contributed by atoms with Crippen molar-refractivity contribution in [3.05, 3.63) is 47.5 Å². The van der Waals surface area contributed by atoms with Crippen LogP contribution in [0.3, 0.4) is 0 Å². The van der Waals surface area contributed by atoms with E-state index in [0.717, 1.165) is 22.7 Å². The topological polar surface area (TPSA) is 71.1 Å². The van der Waals surface area contributed by atoms with Gasteiger partial charge in [-0.15, -0.1) is 0 Å². The van der Waals surface area contributed by atoms with E-state index in [-0.39, 0.29) is 0 Å². The third-order valence-electron chi connectivity index (χ3n) is 2.89. The molecule has 0 fully saturated rings. The highest BCUT2D eigenvalue weighted by atomic mass is 16.5. The number of rotatable bonds is 4. The van der Waals surface area contributed by atoms with E-state index < -0.39 is 0 Å². The molecule has 0 atom stereocenters. The number of nitrogens with one attached hydrogen (secondary N) is 1. The number of aryl methyl sites for hydroxylation is 1. The molecule has 0 aliphatic heterocycles. The summed E-state index contributed by atoms with van der Waals surface area (Å²) in [6, 6.07) is 13.2. The van der Waals surface area contributed by atoms with Crippen LogP contribution in [-0.2, 0) is 0 Å². The molecule has 0 bridgehead atoms.